The summed E-state index contributed by atoms with van der Waals surface area (Å²) in [6.45, 7) is 2.46. The Kier molecular flexibility index (Phi) is 3.88. The first kappa shape index (κ1) is 14.0. The van der Waals surface area contributed by atoms with Gasteiger partial charge in [0.05, 0.1) is 5.69 Å². The maximum atomic E-state index is 12.0. The first-order valence-electron chi connectivity index (χ1n) is 5.94. The number of benzene rings is 1. The number of hydrogen-bond donors (Lipinski definition) is 2. The maximum Gasteiger partial charge on any atom is 0.253 e. The molecule has 1 amide bonds. The van der Waals surface area contributed by atoms with Crippen LogP contribution in [0.25, 0.3) is 0 Å². The highest BCUT2D eigenvalue weighted by atomic mass is 32.2. The highest BCUT2D eigenvalue weighted by Gasteiger charge is 2.31. The molecular weight excluding hydrogens is 268 g/mol. The van der Waals surface area contributed by atoms with Crippen molar-refractivity contribution in [2.45, 2.75) is 24.3 Å². The molecule has 6 nitrogen and oxygen atoms in total. The summed E-state index contributed by atoms with van der Waals surface area (Å²) in [7, 11) is -3.87. The molecule has 0 aromatic heterocycles. The Morgan fingerprint density at radius 3 is 2.68 bits per heavy atom. The van der Waals surface area contributed by atoms with E-state index in [0.29, 0.717) is 6.61 Å². The fraction of sp³-hybridized carbons (Fsp3) is 0.417. The van der Waals surface area contributed by atoms with Gasteiger partial charge in [-0.15, -0.1) is 0 Å². The van der Waals surface area contributed by atoms with Crippen molar-refractivity contribution in [1.82, 2.24) is 0 Å². The number of nitrogens with one attached hydrogen (secondary N) is 1. The van der Waals surface area contributed by atoms with Crippen molar-refractivity contribution in [3.05, 3.63) is 24.3 Å². The zero-order chi connectivity index (χ0) is 14.0. The van der Waals surface area contributed by atoms with Gasteiger partial charge in [0.2, 0.25) is 10.0 Å². The molecule has 0 radical (unpaired) electrons. The number of hydrogen-bond acceptors (Lipinski definition) is 4. The topological polar surface area (TPSA) is 98.5 Å². The van der Waals surface area contributed by atoms with Crippen LogP contribution in [0.3, 0.4) is 0 Å². The molecule has 3 N–H and O–H groups in total. The van der Waals surface area contributed by atoms with Gasteiger partial charge < -0.3 is 10.1 Å². The number of carbonyl (C=O) groups excluding carboxylic acids is 1. The first-order chi connectivity index (χ1) is 8.89. The molecule has 104 valence electrons. The molecule has 1 fully saturated rings. The largest absolute Gasteiger partial charge is 0.368 e. The van der Waals surface area contributed by atoms with Crippen molar-refractivity contribution in [1.29, 1.82) is 0 Å². The van der Waals surface area contributed by atoms with E-state index < -0.39 is 16.1 Å². The summed E-state index contributed by atoms with van der Waals surface area (Å²) in [5.41, 5.74) is 0.178. The molecule has 1 aromatic carbocycles. The normalized spacial score (nSPS) is 23.3. The van der Waals surface area contributed by atoms with Gasteiger partial charge in [-0.3, -0.25) is 4.79 Å². The number of amides is 1. The third-order valence-electron chi connectivity index (χ3n) is 3.10. The number of para-hydroxylation sites is 1. The number of nitrogens with two attached hydrogens (primary N) is 1. The van der Waals surface area contributed by atoms with E-state index in [1.807, 2.05) is 6.92 Å². The summed E-state index contributed by atoms with van der Waals surface area (Å²) in [5, 5.41) is 7.67. The Bertz CT molecular complexity index is 585. The monoisotopic (exact) mass is 284 g/mol. The standard InChI is InChI=1S/C12H16N2O4S/c1-8-6-7-18-11(8)12(15)14-9-4-2-3-5-10(9)19(13,16)17/h2-5,8,11H,6-7H2,1H3,(H,14,15)(H2,13,16,17). The Labute approximate surface area is 112 Å². The van der Waals surface area contributed by atoms with Crippen molar-refractivity contribution >= 4 is 21.6 Å². The van der Waals surface area contributed by atoms with E-state index in [1.165, 1.54) is 12.1 Å². The highest BCUT2D eigenvalue weighted by molar-refractivity contribution is 7.89. The number of anilines is 1. The molecule has 2 rings (SSSR count). The van der Waals surface area contributed by atoms with Gasteiger partial charge in [-0.25, -0.2) is 13.6 Å². The van der Waals surface area contributed by atoms with Gasteiger partial charge in [0.15, 0.2) is 0 Å². The molecule has 0 spiro atoms. The van der Waals surface area contributed by atoms with E-state index in [-0.39, 0.29) is 22.4 Å². The van der Waals surface area contributed by atoms with Crippen molar-refractivity contribution in [3.63, 3.8) is 0 Å². The summed E-state index contributed by atoms with van der Waals surface area (Å²) in [5.74, 6) is -0.234. The van der Waals surface area contributed by atoms with Gasteiger partial charge in [-0.1, -0.05) is 19.1 Å². The van der Waals surface area contributed by atoms with E-state index in [4.69, 9.17) is 9.88 Å². The third kappa shape index (κ3) is 3.12. The first-order valence-corrected chi connectivity index (χ1v) is 7.48. The predicted octanol–water partition coefficient (Wildman–Crippen LogP) is 0.698. The number of sulfonamides is 1. The predicted molar refractivity (Wildman–Crippen MR) is 70.0 cm³/mol. The van der Waals surface area contributed by atoms with Crippen LogP contribution in [0.15, 0.2) is 29.2 Å². The average molecular weight is 284 g/mol. The van der Waals surface area contributed by atoms with Crippen LogP contribution >= 0.6 is 0 Å². The maximum absolute atomic E-state index is 12.0. The number of carbonyl (C=O) groups is 1. The molecule has 1 aliphatic heterocycles. The van der Waals surface area contributed by atoms with Gasteiger partial charge in [0.1, 0.15) is 11.0 Å². The smallest absolute Gasteiger partial charge is 0.253 e. The molecule has 0 aliphatic carbocycles. The lowest BCUT2D eigenvalue weighted by Gasteiger charge is -2.15. The molecule has 1 saturated heterocycles. The van der Waals surface area contributed by atoms with Gasteiger partial charge in [-0.2, -0.15) is 0 Å². The Balaban J connectivity index is 2.22. The SMILES string of the molecule is CC1CCOC1C(=O)Nc1ccccc1S(N)(=O)=O. The van der Waals surface area contributed by atoms with Gasteiger partial charge >= 0.3 is 0 Å². The molecule has 0 bridgehead atoms. The number of primary sulfonamides is 1. The van der Waals surface area contributed by atoms with Crippen LogP contribution in [-0.4, -0.2) is 27.0 Å². The summed E-state index contributed by atoms with van der Waals surface area (Å²) < 4.78 is 28.2. The van der Waals surface area contributed by atoms with Crippen LogP contribution in [0.1, 0.15) is 13.3 Å². The van der Waals surface area contributed by atoms with Crippen molar-refractivity contribution < 1.29 is 17.9 Å². The lowest BCUT2D eigenvalue weighted by molar-refractivity contribution is -0.126. The fourth-order valence-corrected chi connectivity index (χ4v) is 2.75. The average Bonchev–Trinajstić information content (AvgIpc) is 2.75. The summed E-state index contributed by atoms with van der Waals surface area (Å²) in [4.78, 5) is 11.9. The molecule has 2 atom stereocenters. The van der Waals surface area contributed by atoms with E-state index in [9.17, 15) is 13.2 Å². The van der Waals surface area contributed by atoms with E-state index in [0.717, 1.165) is 6.42 Å². The summed E-state index contributed by atoms with van der Waals surface area (Å²) in [6, 6.07) is 6.02. The summed E-state index contributed by atoms with van der Waals surface area (Å²) >= 11 is 0. The summed E-state index contributed by atoms with van der Waals surface area (Å²) in [6.07, 6.45) is 0.267. The second kappa shape index (κ2) is 5.28. The van der Waals surface area contributed by atoms with Crippen LogP contribution in [-0.2, 0) is 19.6 Å². The van der Waals surface area contributed by atoms with Crippen LogP contribution in [0, 0.1) is 5.92 Å². The Morgan fingerprint density at radius 1 is 1.42 bits per heavy atom. The van der Waals surface area contributed by atoms with E-state index in [1.54, 1.807) is 12.1 Å². The third-order valence-corrected chi connectivity index (χ3v) is 4.07. The quantitative estimate of drug-likeness (QED) is 0.853. The highest BCUT2D eigenvalue weighted by Crippen LogP contribution is 2.24. The van der Waals surface area contributed by atoms with Crippen LogP contribution in [0.4, 0.5) is 5.69 Å². The second-order valence-corrected chi connectivity index (χ2v) is 6.12. The zero-order valence-electron chi connectivity index (χ0n) is 10.5. The lowest BCUT2D eigenvalue weighted by Crippen LogP contribution is -2.32. The van der Waals surface area contributed by atoms with E-state index >= 15 is 0 Å². The second-order valence-electron chi connectivity index (χ2n) is 4.59. The van der Waals surface area contributed by atoms with Crippen LogP contribution in [0.2, 0.25) is 0 Å². The molecule has 1 aliphatic rings. The van der Waals surface area contributed by atoms with Gasteiger partial charge in [-0.05, 0) is 24.5 Å². The molecule has 2 unspecified atom stereocenters. The van der Waals surface area contributed by atoms with Crippen LogP contribution in [0.5, 0.6) is 0 Å². The number of rotatable bonds is 3. The van der Waals surface area contributed by atoms with Crippen molar-refractivity contribution in [2.75, 3.05) is 11.9 Å². The van der Waals surface area contributed by atoms with Gasteiger partial charge in [0, 0.05) is 6.61 Å². The fourth-order valence-electron chi connectivity index (χ4n) is 2.05. The van der Waals surface area contributed by atoms with Gasteiger partial charge in [0.25, 0.3) is 5.91 Å². The molecule has 1 aromatic rings. The molecule has 0 saturated carbocycles. The van der Waals surface area contributed by atoms with Crippen molar-refractivity contribution in [2.24, 2.45) is 11.1 Å². The Hall–Kier alpha value is -1.44. The Morgan fingerprint density at radius 2 is 2.11 bits per heavy atom. The van der Waals surface area contributed by atoms with Crippen molar-refractivity contribution in [3.8, 4) is 0 Å². The molecule has 1 heterocycles. The minimum atomic E-state index is -3.87. The number of ether oxygens (including phenoxy) is 1. The molecular formula is C12H16N2O4S. The van der Waals surface area contributed by atoms with Crippen LogP contribution < -0.4 is 10.5 Å². The lowest BCUT2D eigenvalue weighted by atomic mass is 10.0. The molecule has 7 heteroatoms. The van der Waals surface area contributed by atoms with E-state index in [2.05, 4.69) is 5.32 Å². The minimum absolute atomic E-state index is 0.103. The minimum Gasteiger partial charge on any atom is -0.368 e. The molecule has 19 heavy (non-hydrogen) atoms. The zero-order valence-corrected chi connectivity index (χ0v) is 11.3.